The van der Waals surface area contributed by atoms with E-state index < -0.39 is 10.0 Å². The van der Waals surface area contributed by atoms with E-state index >= 15 is 0 Å². The van der Waals surface area contributed by atoms with Gasteiger partial charge in [0, 0.05) is 37.6 Å². The number of fused-ring (bicyclic) bond motifs is 1. The summed E-state index contributed by atoms with van der Waals surface area (Å²) in [6.45, 7) is 2.19. The number of benzene rings is 3. The van der Waals surface area contributed by atoms with Crippen molar-refractivity contribution >= 4 is 33.6 Å². The van der Waals surface area contributed by atoms with Crippen LogP contribution in [0.2, 0.25) is 0 Å². The summed E-state index contributed by atoms with van der Waals surface area (Å²) in [5.41, 5.74) is 3.27. The molecule has 1 aliphatic rings. The zero-order valence-corrected chi connectivity index (χ0v) is 22.7. The quantitative estimate of drug-likeness (QED) is 0.243. The number of rotatable bonds is 8. The van der Waals surface area contributed by atoms with Crippen molar-refractivity contribution in [3.05, 3.63) is 89.5 Å². The molecule has 5 rings (SSSR count). The fourth-order valence-corrected chi connectivity index (χ4v) is 6.05. The summed E-state index contributed by atoms with van der Waals surface area (Å²) < 4.78 is 28.5. The van der Waals surface area contributed by atoms with Crippen LogP contribution in [0.25, 0.3) is 17.1 Å². The number of aromatic nitrogens is 3. The first-order valence-electron chi connectivity index (χ1n) is 11.8. The van der Waals surface area contributed by atoms with Crippen LogP contribution in [0.5, 0.6) is 0 Å². The van der Waals surface area contributed by atoms with Crippen molar-refractivity contribution < 1.29 is 18.0 Å². The molecule has 9 nitrogen and oxygen atoms in total. The molecule has 0 saturated heterocycles. The van der Waals surface area contributed by atoms with Gasteiger partial charge in [0.25, 0.3) is 11.8 Å². The van der Waals surface area contributed by atoms with Crippen molar-refractivity contribution in [3.8, 4) is 17.1 Å². The number of sulfonamides is 1. The van der Waals surface area contributed by atoms with E-state index in [0.717, 1.165) is 15.6 Å². The van der Waals surface area contributed by atoms with E-state index in [0.29, 0.717) is 33.4 Å². The molecule has 0 spiro atoms. The molecule has 0 unspecified atom stereocenters. The molecule has 0 saturated carbocycles. The SMILES string of the molecule is Cc1cccc(-n2c(SCCN3C(=O)c4ccccc4C3=O)nnc2-c2cccc(S(=O)(=O)N(C)C)c2)c1. The molecule has 4 aromatic rings. The van der Waals surface area contributed by atoms with Crippen molar-refractivity contribution in [3.63, 3.8) is 0 Å². The lowest BCUT2D eigenvalue weighted by Gasteiger charge is -2.15. The number of nitrogens with zero attached hydrogens (tertiary/aromatic N) is 5. The van der Waals surface area contributed by atoms with Crippen LogP contribution in [0.4, 0.5) is 0 Å². The molecule has 3 aromatic carbocycles. The van der Waals surface area contributed by atoms with Crippen molar-refractivity contribution in [1.29, 1.82) is 0 Å². The lowest BCUT2D eigenvalue weighted by Crippen LogP contribution is -2.31. The van der Waals surface area contributed by atoms with Crippen molar-refractivity contribution in [1.82, 2.24) is 24.0 Å². The Hall–Kier alpha value is -3.80. The Balaban J connectivity index is 1.46. The molecule has 2 amide bonds. The Morgan fingerprint density at radius 3 is 2.21 bits per heavy atom. The molecule has 194 valence electrons. The van der Waals surface area contributed by atoms with Gasteiger partial charge < -0.3 is 0 Å². The predicted molar refractivity (Wildman–Crippen MR) is 145 cm³/mol. The second-order valence-electron chi connectivity index (χ2n) is 8.95. The maximum atomic E-state index is 12.7. The van der Waals surface area contributed by atoms with Crippen LogP contribution in [0.3, 0.4) is 0 Å². The van der Waals surface area contributed by atoms with Crippen LogP contribution in [-0.4, -0.2) is 70.6 Å². The van der Waals surface area contributed by atoms with Gasteiger partial charge in [-0.1, -0.05) is 48.2 Å². The Labute approximate surface area is 225 Å². The minimum atomic E-state index is -3.64. The first kappa shape index (κ1) is 25.8. The highest BCUT2D eigenvalue weighted by Crippen LogP contribution is 2.31. The lowest BCUT2D eigenvalue weighted by molar-refractivity contribution is 0.0664. The molecule has 2 heterocycles. The van der Waals surface area contributed by atoms with Gasteiger partial charge in [0.05, 0.1) is 16.0 Å². The van der Waals surface area contributed by atoms with Gasteiger partial charge in [-0.15, -0.1) is 10.2 Å². The Morgan fingerprint density at radius 1 is 0.868 bits per heavy atom. The smallest absolute Gasteiger partial charge is 0.261 e. The summed E-state index contributed by atoms with van der Waals surface area (Å²) in [5.74, 6) is 0.288. The fraction of sp³-hybridized carbons (Fsp3) is 0.185. The zero-order chi connectivity index (χ0) is 27.0. The zero-order valence-electron chi connectivity index (χ0n) is 21.0. The third kappa shape index (κ3) is 4.64. The van der Waals surface area contributed by atoms with Crippen molar-refractivity contribution in [2.24, 2.45) is 0 Å². The van der Waals surface area contributed by atoms with E-state index in [1.165, 1.54) is 30.8 Å². The van der Waals surface area contributed by atoms with E-state index in [-0.39, 0.29) is 23.3 Å². The Bertz CT molecular complexity index is 1630. The van der Waals surface area contributed by atoms with Crippen molar-refractivity contribution in [2.75, 3.05) is 26.4 Å². The standard InChI is InChI=1S/C27H25N5O4S2/c1-18-8-6-10-20(16-18)32-24(19-9-7-11-21(17-19)38(35,36)30(2)3)28-29-27(32)37-15-14-31-25(33)22-12-4-5-13-23(22)26(31)34/h4-13,16-17H,14-15H2,1-3H3. The average molecular weight is 548 g/mol. The largest absolute Gasteiger partial charge is 0.273 e. The van der Waals surface area contributed by atoms with Gasteiger partial charge in [-0.3, -0.25) is 19.1 Å². The fourth-order valence-electron chi connectivity index (χ4n) is 4.23. The number of hydrogen-bond acceptors (Lipinski definition) is 7. The van der Waals surface area contributed by atoms with E-state index in [2.05, 4.69) is 10.2 Å². The second-order valence-corrected chi connectivity index (χ2v) is 12.2. The minimum Gasteiger partial charge on any atom is -0.273 e. The molecule has 1 aliphatic heterocycles. The number of amides is 2. The molecular formula is C27H25N5O4S2. The minimum absolute atomic E-state index is 0.151. The summed E-state index contributed by atoms with van der Waals surface area (Å²) in [6, 6.07) is 21.2. The Morgan fingerprint density at radius 2 is 1.55 bits per heavy atom. The highest BCUT2D eigenvalue weighted by Gasteiger charge is 2.34. The van der Waals surface area contributed by atoms with Crippen LogP contribution in [-0.2, 0) is 10.0 Å². The average Bonchev–Trinajstić information content (AvgIpc) is 3.44. The van der Waals surface area contributed by atoms with Gasteiger partial charge in [0.1, 0.15) is 0 Å². The second kappa shape index (κ2) is 10.2. The van der Waals surface area contributed by atoms with Crippen LogP contribution >= 0.6 is 11.8 Å². The molecule has 1 aromatic heterocycles. The first-order chi connectivity index (χ1) is 18.2. The predicted octanol–water partition coefficient (Wildman–Crippen LogP) is 3.88. The number of imide groups is 1. The molecule has 0 aliphatic carbocycles. The molecule has 38 heavy (non-hydrogen) atoms. The van der Waals surface area contributed by atoms with Crippen LogP contribution in [0, 0.1) is 6.92 Å². The van der Waals surface area contributed by atoms with Gasteiger partial charge in [-0.2, -0.15) is 0 Å². The molecule has 0 atom stereocenters. The van der Waals surface area contributed by atoms with Gasteiger partial charge in [-0.25, -0.2) is 12.7 Å². The summed E-state index contributed by atoms with van der Waals surface area (Å²) in [6.07, 6.45) is 0. The maximum Gasteiger partial charge on any atom is 0.261 e. The normalized spacial score (nSPS) is 13.4. The number of aryl methyl sites for hydroxylation is 1. The summed E-state index contributed by atoms with van der Waals surface area (Å²) >= 11 is 1.36. The van der Waals surface area contributed by atoms with Gasteiger partial charge >= 0.3 is 0 Å². The molecular weight excluding hydrogens is 522 g/mol. The van der Waals surface area contributed by atoms with E-state index in [4.69, 9.17) is 0 Å². The molecule has 0 fully saturated rings. The number of hydrogen-bond donors (Lipinski definition) is 0. The highest BCUT2D eigenvalue weighted by atomic mass is 32.2. The van der Waals surface area contributed by atoms with E-state index in [1.807, 2.05) is 35.8 Å². The summed E-state index contributed by atoms with van der Waals surface area (Å²) in [7, 11) is -0.667. The highest BCUT2D eigenvalue weighted by molar-refractivity contribution is 7.99. The molecule has 0 bridgehead atoms. The number of carbonyl (C=O) groups excluding carboxylic acids is 2. The van der Waals surface area contributed by atoms with Crippen LogP contribution in [0.1, 0.15) is 26.3 Å². The first-order valence-corrected chi connectivity index (χ1v) is 14.2. The van der Waals surface area contributed by atoms with E-state index in [9.17, 15) is 18.0 Å². The molecule has 11 heteroatoms. The third-order valence-corrected chi connectivity index (χ3v) is 8.91. The van der Waals surface area contributed by atoms with E-state index in [1.54, 1.807) is 48.5 Å². The van der Waals surface area contributed by atoms with Gasteiger partial charge in [0.2, 0.25) is 10.0 Å². The maximum absolute atomic E-state index is 12.7. The van der Waals surface area contributed by atoms with Crippen molar-refractivity contribution in [2.45, 2.75) is 17.0 Å². The third-order valence-electron chi connectivity index (χ3n) is 6.19. The molecule has 0 N–H and O–H groups in total. The topological polar surface area (TPSA) is 105 Å². The number of carbonyl (C=O) groups is 2. The summed E-state index contributed by atoms with van der Waals surface area (Å²) in [4.78, 5) is 26.9. The molecule has 0 radical (unpaired) electrons. The monoisotopic (exact) mass is 547 g/mol. The van der Waals surface area contributed by atoms with Crippen LogP contribution < -0.4 is 0 Å². The summed E-state index contributed by atoms with van der Waals surface area (Å²) in [5, 5.41) is 9.36. The van der Waals surface area contributed by atoms with Gasteiger partial charge in [-0.05, 0) is 48.9 Å². The van der Waals surface area contributed by atoms with Crippen LogP contribution in [0.15, 0.2) is 82.8 Å². The number of thioether (sulfide) groups is 1. The van der Waals surface area contributed by atoms with Gasteiger partial charge in [0.15, 0.2) is 11.0 Å². The lowest BCUT2D eigenvalue weighted by atomic mass is 10.1. The Kier molecular flexibility index (Phi) is 6.91.